The van der Waals surface area contributed by atoms with Gasteiger partial charge in [-0.1, -0.05) is 24.1 Å². The molecule has 2 amide bonds. The highest BCUT2D eigenvalue weighted by atomic mass is 35.5. The van der Waals surface area contributed by atoms with Gasteiger partial charge < -0.3 is 25.3 Å². The van der Waals surface area contributed by atoms with Crippen LogP contribution in [0.5, 0.6) is 0 Å². The lowest BCUT2D eigenvalue weighted by molar-refractivity contribution is -0.127. The molecule has 2 atom stereocenters. The first-order chi connectivity index (χ1) is 18.4. The summed E-state index contributed by atoms with van der Waals surface area (Å²) in [6.07, 6.45) is 6.00. The number of halogens is 1. The fourth-order valence-corrected chi connectivity index (χ4v) is 5.28. The molecule has 5 rings (SSSR count). The summed E-state index contributed by atoms with van der Waals surface area (Å²) in [6.45, 7) is 6.83. The summed E-state index contributed by atoms with van der Waals surface area (Å²) >= 11 is 6.59. The van der Waals surface area contributed by atoms with Crippen LogP contribution in [-0.4, -0.2) is 68.9 Å². The van der Waals surface area contributed by atoms with E-state index in [9.17, 15) is 9.59 Å². The molecule has 38 heavy (non-hydrogen) atoms. The molecule has 2 aliphatic rings. The molecular weight excluding hydrogens is 506 g/mol. The lowest BCUT2D eigenvalue weighted by Gasteiger charge is -2.22. The van der Waals surface area contributed by atoms with Gasteiger partial charge in [-0.15, -0.1) is 0 Å². The van der Waals surface area contributed by atoms with Crippen molar-refractivity contribution in [2.75, 3.05) is 32.1 Å². The number of aromatic nitrogens is 4. The molecule has 3 aromatic rings. The van der Waals surface area contributed by atoms with E-state index < -0.39 is 5.91 Å². The zero-order valence-corrected chi connectivity index (χ0v) is 22.2. The van der Waals surface area contributed by atoms with Crippen LogP contribution in [0.2, 0.25) is 5.02 Å². The topological polar surface area (TPSA) is 120 Å². The van der Waals surface area contributed by atoms with Gasteiger partial charge in [0.05, 0.1) is 41.1 Å². The Bertz CT molecular complexity index is 1480. The predicted molar refractivity (Wildman–Crippen MR) is 145 cm³/mol. The van der Waals surface area contributed by atoms with Crippen molar-refractivity contribution in [1.82, 2.24) is 24.2 Å². The summed E-state index contributed by atoms with van der Waals surface area (Å²) in [5.41, 5.74) is 8.61. The van der Waals surface area contributed by atoms with Crippen molar-refractivity contribution >= 4 is 40.3 Å². The van der Waals surface area contributed by atoms with Gasteiger partial charge >= 0.3 is 0 Å². The van der Waals surface area contributed by atoms with E-state index in [0.717, 1.165) is 23.9 Å². The number of nitrogens with one attached hydrogen (secondary N) is 1. The zero-order chi connectivity index (χ0) is 27.0. The van der Waals surface area contributed by atoms with Crippen molar-refractivity contribution in [3.63, 3.8) is 0 Å². The highest BCUT2D eigenvalue weighted by Gasteiger charge is 2.38. The number of anilines is 1. The number of primary amides is 1. The summed E-state index contributed by atoms with van der Waals surface area (Å²) in [5, 5.41) is 8.42. The lowest BCUT2D eigenvalue weighted by Crippen LogP contribution is -2.37. The van der Waals surface area contributed by atoms with E-state index in [-0.39, 0.29) is 29.2 Å². The Balaban J connectivity index is 1.53. The van der Waals surface area contributed by atoms with Crippen LogP contribution in [0.3, 0.4) is 0 Å². The second-order valence-corrected chi connectivity index (χ2v) is 9.97. The van der Waals surface area contributed by atoms with Crippen LogP contribution in [0.25, 0.3) is 11.0 Å². The molecule has 1 saturated carbocycles. The van der Waals surface area contributed by atoms with Gasteiger partial charge in [0.1, 0.15) is 11.4 Å². The van der Waals surface area contributed by atoms with Crippen molar-refractivity contribution < 1.29 is 14.3 Å². The van der Waals surface area contributed by atoms with Crippen LogP contribution in [0.4, 0.5) is 5.82 Å². The fraction of sp³-hybridized carbons (Fsp3) is 0.407. The number of carbonyl (C=O) groups excluding carboxylic acids is 2. The smallest absolute Gasteiger partial charge is 0.255 e. The molecule has 0 unspecified atom stereocenters. The number of carbonyl (C=O) groups is 2. The Morgan fingerprint density at radius 3 is 2.76 bits per heavy atom. The van der Waals surface area contributed by atoms with Crippen molar-refractivity contribution in [3.05, 3.63) is 53.0 Å². The first-order valence-electron chi connectivity index (χ1n) is 12.6. The number of hydrogen-bond acceptors (Lipinski definition) is 6. The third-order valence-corrected chi connectivity index (χ3v) is 7.29. The second kappa shape index (κ2) is 10.5. The van der Waals surface area contributed by atoms with Crippen molar-refractivity contribution in [2.45, 2.75) is 44.3 Å². The Labute approximate surface area is 225 Å². The lowest BCUT2D eigenvalue weighted by atomic mass is 10.1. The average molecular weight is 536 g/mol. The number of likely N-dealkylation sites (tertiary alicyclic amines) is 1. The first kappa shape index (κ1) is 25.8. The number of ether oxygens (including phenoxy) is 1. The standard InChI is InChI=1S/C27H30ClN7O3/c1-4-24(36)33-13-18(11-19(33)14-38-3)35-27(30-5-2)25(26(29)37)21(32-35)9-6-16-10-22-23(12-20(16)28)34(15-31-22)17-7-8-17/h4,10,12,15,17-19,30H,1,5,7-8,11,13-14H2,2-3H3,(H2,29,37)/t18-,19+/m0/s1. The predicted octanol–water partition coefficient (Wildman–Crippen LogP) is 3.13. The van der Waals surface area contributed by atoms with Crippen molar-refractivity contribution in [1.29, 1.82) is 0 Å². The van der Waals surface area contributed by atoms with Crippen LogP contribution in [0.15, 0.2) is 31.1 Å². The van der Waals surface area contributed by atoms with Crippen molar-refractivity contribution in [3.8, 4) is 11.8 Å². The Hall–Kier alpha value is -3.81. The molecule has 10 nitrogen and oxygen atoms in total. The molecule has 1 aliphatic heterocycles. The molecule has 3 N–H and O–H groups in total. The van der Waals surface area contributed by atoms with Crippen LogP contribution >= 0.6 is 11.6 Å². The molecule has 1 aromatic carbocycles. The van der Waals surface area contributed by atoms with Crippen LogP contribution in [0, 0.1) is 11.8 Å². The number of imidazole rings is 1. The maximum absolute atomic E-state index is 12.6. The van der Waals surface area contributed by atoms with Crippen LogP contribution < -0.4 is 11.1 Å². The molecule has 1 aliphatic carbocycles. The van der Waals surface area contributed by atoms with E-state index in [4.69, 9.17) is 27.2 Å². The van der Waals surface area contributed by atoms with Gasteiger partial charge in [-0.05, 0) is 50.3 Å². The molecule has 0 radical (unpaired) electrons. The molecule has 2 aromatic heterocycles. The number of fused-ring (bicyclic) bond motifs is 1. The number of nitrogens with two attached hydrogens (primary N) is 1. The van der Waals surface area contributed by atoms with Gasteiger partial charge in [0.15, 0.2) is 5.69 Å². The number of hydrogen-bond donors (Lipinski definition) is 2. The summed E-state index contributed by atoms with van der Waals surface area (Å²) in [7, 11) is 1.60. The highest BCUT2D eigenvalue weighted by Crippen LogP contribution is 2.38. The van der Waals surface area contributed by atoms with E-state index in [1.54, 1.807) is 16.7 Å². The third kappa shape index (κ3) is 4.75. The number of nitrogens with zero attached hydrogens (tertiary/aromatic N) is 5. The maximum atomic E-state index is 12.6. The molecule has 2 fully saturated rings. The fourth-order valence-electron chi connectivity index (χ4n) is 5.08. The zero-order valence-electron chi connectivity index (χ0n) is 21.4. The molecule has 1 saturated heterocycles. The number of amides is 2. The molecule has 11 heteroatoms. The summed E-state index contributed by atoms with van der Waals surface area (Å²) in [4.78, 5) is 31.3. The average Bonchev–Trinajstić information content (AvgIpc) is 3.36. The molecule has 198 valence electrons. The Kier molecular flexibility index (Phi) is 7.15. The quantitative estimate of drug-likeness (QED) is 0.338. The highest BCUT2D eigenvalue weighted by molar-refractivity contribution is 6.32. The van der Waals surface area contributed by atoms with Crippen LogP contribution in [-0.2, 0) is 9.53 Å². The minimum absolute atomic E-state index is 0.151. The normalized spacial score (nSPS) is 18.9. The molecular formula is C27H30ClN7O3. The van der Waals surface area contributed by atoms with E-state index in [0.29, 0.717) is 48.6 Å². The third-order valence-electron chi connectivity index (χ3n) is 6.98. The number of methoxy groups -OCH3 is 1. The number of benzene rings is 1. The van der Waals surface area contributed by atoms with Crippen LogP contribution in [0.1, 0.15) is 59.9 Å². The van der Waals surface area contributed by atoms with Gasteiger partial charge in [0.2, 0.25) is 5.91 Å². The SMILES string of the molecule is C=CC(=O)N1C[C@@H](n2nc(C#Cc3cc4ncn(C5CC5)c4cc3Cl)c(C(N)=O)c2NCC)C[C@@H]1COC. The van der Waals surface area contributed by atoms with Gasteiger partial charge in [-0.2, -0.15) is 5.10 Å². The Morgan fingerprint density at radius 2 is 2.11 bits per heavy atom. The summed E-state index contributed by atoms with van der Waals surface area (Å²) < 4.78 is 9.20. The monoisotopic (exact) mass is 535 g/mol. The first-order valence-corrected chi connectivity index (χ1v) is 13.0. The largest absolute Gasteiger partial charge is 0.383 e. The van der Waals surface area contributed by atoms with E-state index in [2.05, 4.69) is 33.3 Å². The molecule has 0 bridgehead atoms. The number of rotatable bonds is 8. The Morgan fingerprint density at radius 1 is 1.32 bits per heavy atom. The minimum Gasteiger partial charge on any atom is -0.383 e. The summed E-state index contributed by atoms with van der Waals surface area (Å²) in [6, 6.07) is 3.84. The van der Waals surface area contributed by atoms with Gasteiger partial charge in [0.25, 0.3) is 5.91 Å². The second-order valence-electron chi connectivity index (χ2n) is 9.56. The van der Waals surface area contributed by atoms with Crippen molar-refractivity contribution in [2.24, 2.45) is 5.73 Å². The van der Waals surface area contributed by atoms with Gasteiger partial charge in [-0.3, -0.25) is 9.59 Å². The maximum Gasteiger partial charge on any atom is 0.255 e. The van der Waals surface area contributed by atoms with E-state index >= 15 is 0 Å². The van der Waals surface area contributed by atoms with E-state index in [1.165, 1.54) is 6.08 Å². The summed E-state index contributed by atoms with van der Waals surface area (Å²) in [5.74, 6) is 5.73. The van der Waals surface area contributed by atoms with E-state index in [1.807, 2.05) is 25.4 Å². The van der Waals surface area contributed by atoms with Gasteiger partial charge in [-0.25, -0.2) is 9.67 Å². The molecule has 0 spiro atoms. The molecule has 3 heterocycles. The van der Waals surface area contributed by atoms with Gasteiger partial charge in [0, 0.05) is 31.8 Å². The minimum atomic E-state index is -0.647.